The van der Waals surface area contributed by atoms with E-state index in [-0.39, 0.29) is 5.91 Å². The minimum Gasteiger partial charge on any atom is -0.481 e. The number of aryl methyl sites for hydroxylation is 1. The van der Waals surface area contributed by atoms with Gasteiger partial charge in [0.25, 0.3) is 5.91 Å². The van der Waals surface area contributed by atoms with Crippen LogP contribution < -0.4 is 15.8 Å². The summed E-state index contributed by atoms with van der Waals surface area (Å²) in [6.45, 7) is 4.70. The van der Waals surface area contributed by atoms with Crippen molar-refractivity contribution in [2.75, 3.05) is 13.1 Å². The molecule has 0 radical (unpaired) electrons. The second-order valence-electron chi connectivity index (χ2n) is 3.80. The Morgan fingerprint density at radius 3 is 2.82 bits per heavy atom. The van der Waals surface area contributed by atoms with E-state index >= 15 is 0 Å². The van der Waals surface area contributed by atoms with Crippen LogP contribution in [0.5, 0.6) is 5.75 Å². The molecule has 0 spiro atoms. The Bertz CT molecular complexity index is 366. The van der Waals surface area contributed by atoms with E-state index in [0.29, 0.717) is 13.1 Å². The number of nitrogens with one attached hydrogen (secondary N) is 1. The maximum absolute atomic E-state index is 11.6. The normalized spacial score (nSPS) is 11.9. The smallest absolute Gasteiger partial charge is 0.260 e. The van der Waals surface area contributed by atoms with E-state index in [1.165, 1.54) is 0 Å². The number of hydrogen-bond acceptors (Lipinski definition) is 3. The highest BCUT2D eigenvalue weighted by Crippen LogP contribution is 2.19. The van der Waals surface area contributed by atoms with Gasteiger partial charge in [-0.1, -0.05) is 25.1 Å². The lowest BCUT2D eigenvalue weighted by Gasteiger charge is -2.16. The van der Waals surface area contributed by atoms with Crippen LogP contribution in [0.15, 0.2) is 24.3 Å². The molecule has 0 saturated heterocycles. The van der Waals surface area contributed by atoms with E-state index in [1.807, 2.05) is 24.3 Å². The number of carbonyl (C=O) groups excluding carboxylic acids is 1. The average Bonchev–Trinajstić information content (AvgIpc) is 2.36. The second kappa shape index (κ2) is 6.91. The number of para-hydroxylation sites is 1. The fourth-order valence-corrected chi connectivity index (χ4v) is 1.49. The van der Waals surface area contributed by atoms with Crippen LogP contribution in [-0.2, 0) is 11.2 Å². The molecule has 0 saturated carbocycles. The lowest BCUT2D eigenvalue weighted by atomic mass is 10.1. The zero-order chi connectivity index (χ0) is 12.7. The molecule has 1 aromatic carbocycles. The molecule has 0 heterocycles. The molecule has 1 amide bonds. The standard InChI is InChI=1S/C13H20N2O2/c1-3-11-6-4-5-7-12(11)17-10(2)13(16)15-9-8-14/h4-7,10H,3,8-9,14H2,1-2H3,(H,15,16). The average molecular weight is 236 g/mol. The monoisotopic (exact) mass is 236 g/mol. The predicted octanol–water partition coefficient (Wildman–Crippen LogP) is 1.09. The van der Waals surface area contributed by atoms with Gasteiger partial charge in [0.1, 0.15) is 5.75 Å². The third kappa shape index (κ3) is 4.07. The van der Waals surface area contributed by atoms with Gasteiger partial charge in [0.15, 0.2) is 6.10 Å². The number of amides is 1. The lowest BCUT2D eigenvalue weighted by Crippen LogP contribution is -2.38. The number of hydrogen-bond donors (Lipinski definition) is 2. The van der Waals surface area contributed by atoms with E-state index in [1.54, 1.807) is 6.92 Å². The Labute approximate surface area is 102 Å². The number of ether oxygens (including phenoxy) is 1. The zero-order valence-corrected chi connectivity index (χ0v) is 10.4. The molecular weight excluding hydrogens is 216 g/mol. The van der Waals surface area contributed by atoms with Gasteiger partial charge in [-0.05, 0) is 25.0 Å². The highest BCUT2D eigenvalue weighted by molar-refractivity contribution is 5.80. The first kappa shape index (κ1) is 13.5. The second-order valence-corrected chi connectivity index (χ2v) is 3.80. The molecule has 3 N–H and O–H groups in total. The van der Waals surface area contributed by atoms with Crippen molar-refractivity contribution in [1.29, 1.82) is 0 Å². The molecule has 1 unspecified atom stereocenters. The summed E-state index contributed by atoms with van der Waals surface area (Å²) in [4.78, 5) is 11.6. The summed E-state index contributed by atoms with van der Waals surface area (Å²) in [6, 6.07) is 7.75. The number of nitrogens with two attached hydrogens (primary N) is 1. The van der Waals surface area contributed by atoms with Crippen molar-refractivity contribution in [2.45, 2.75) is 26.4 Å². The first-order valence-electron chi connectivity index (χ1n) is 5.91. The van der Waals surface area contributed by atoms with Crippen LogP contribution in [-0.4, -0.2) is 25.1 Å². The minimum absolute atomic E-state index is 0.138. The van der Waals surface area contributed by atoms with Crippen LogP contribution in [0, 0.1) is 0 Å². The summed E-state index contributed by atoms with van der Waals surface area (Å²) >= 11 is 0. The molecule has 1 atom stereocenters. The maximum Gasteiger partial charge on any atom is 0.260 e. The Kier molecular flexibility index (Phi) is 5.49. The van der Waals surface area contributed by atoms with Crippen molar-refractivity contribution in [3.63, 3.8) is 0 Å². The van der Waals surface area contributed by atoms with E-state index in [2.05, 4.69) is 12.2 Å². The summed E-state index contributed by atoms with van der Waals surface area (Å²) in [5, 5.41) is 2.70. The first-order valence-corrected chi connectivity index (χ1v) is 5.91. The van der Waals surface area contributed by atoms with Gasteiger partial charge in [-0.15, -0.1) is 0 Å². The van der Waals surface area contributed by atoms with Gasteiger partial charge in [0, 0.05) is 13.1 Å². The summed E-state index contributed by atoms with van der Waals surface area (Å²) in [5.74, 6) is 0.631. The van der Waals surface area contributed by atoms with Crippen molar-refractivity contribution in [2.24, 2.45) is 5.73 Å². The van der Waals surface area contributed by atoms with Gasteiger partial charge in [-0.25, -0.2) is 0 Å². The molecule has 0 aliphatic rings. The van der Waals surface area contributed by atoms with Crippen molar-refractivity contribution >= 4 is 5.91 Å². The first-order chi connectivity index (χ1) is 8.19. The summed E-state index contributed by atoms with van der Waals surface area (Å²) in [7, 11) is 0. The van der Waals surface area contributed by atoms with Crippen molar-refractivity contribution in [3.8, 4) is 5.75 Å². The molecule has 0 aliphatic carbocycles. The molecule has 0 fully saturated rings. The Morgan fingerprint density at radius 2 is 2.18 bits per heavy atom. The van der Waals surface area contributed by atoms with Crippen molar-refractivity contribution in [3.05, 3.63) is 29.8 Å². The summed E-state index contributed by atoms with van der Waals surface area (Å²) in [5.41, 5.74) is 6.42. The van der Waals surface area contributed by atoms with Gasteiger partial charge in [-0.3, -0.25) is 4.79 Å². The van der Waals surface area contributed by atoms with Crippen molar-refractivity contribution in [1.82, 2.24) is 5.32 Å². The van der Waals surface area contributed by atoms with Gasteiger partial charge >= 0.3 is 0 Å². The highest BCUT2D eigenvalue weighted by atomic mass is 16.5. The topological polar surface area (TPSA) is 64.3 Å². The maximum atomic E-state index is 11.6. The van der Waals surface area contributed by atoms with Crippen LogP contribution in [0.25, 0.3) is 0 Å². The molecular formula is C13H20N2O2. The van der Waals surface area contributed by atoms with Gasteiger partial charge < -0.3 is 15.8 Å². The highest BCUT2D eigenvalue weighted by Gasteiger charge is 2.14. The van der Waals surface area contributed by atoms with E-state index in [9.17, 15) is 4.79 Å². The molecule has 0 aromatic heterocycles. The minimum atomic E-state index is -0.505. The molecule has 4 nitrogen and oxygen atoms in total. The molecule has 94 valence electrons. The quantitative estimate of drug-likeness (QED) is 0.777. The molecule has 0 aliphatic heterocycles. The third-order valence-corrected chi connectivity index (χ3v) is 2.47. The predicted molar refractivity (Wildman–Crippen MR) is 68.0 cm³/mol. The van der Waals surface area contributed by atoms with Gasteiger partial charge in [0.05, 0.1) is 0 Å². The van der Waals surface area contributed by atoms with Crippen LogP contribution in [0.4, 0.5) is 0 Å². The fourth-order valence-electron chi connectivity index (χ4n) is 1.49. The molecule has 17 heavy (non-hydrogen) atoms. The molecule has 1 rings (SSSR count). The number of rotatable bonds is 6. The Balaban J connectivity index is 2.60. The van der Waals surface area contributed by atoms with E-state index in [4.69, 9.17) is 10.5 Å². The molecule has 4 heteroatoms. The van der Waals surface area contributed by atoms with E-state index in [0.717, 1.165) is 17.7 Å². The molecule has 0 bridgehead atoms. The largest absolute Gasteiger partial charge is 0.481 e. The Hall–Kier alpha value is -1.55. The SMILES string of the molecule is CCc1ccccc1OC(C)C(=O)NCCN. The Morgan fingerprint density at radius 1 is 1.47 bits per heavy atom. The number of carbonyl (C=O) groups is 1. The van der Waals surface area contributed by atoms with Crippen LogP contribution in [0.2, 0.25) is 0 Å². The molecule has 1 aromatic rings. The van der Waals surface area contributed by atoms with Crippen molar-refractivity contribution < 1.29 is 9.53 Å². The fraction of sp³-hybridized carbons (Fsp3) is 0.462. The lowest BCUT2D eigenvalue weighted by molar-refractivity contribution is -0.127. The van der Waals surface area contributed by atoms with E-state index < -0.39 is 6.10 Å². The van der Waals surface area contributed by atoms with Gasteiger partial charge in [0.2, 0.25) is 0 Å². The summed E-state index contributed by atoms with van der Waals surface area (Å²) < 4.78 is 5.64. The van der Waals surface area contributed by atoms with Gasteiger partial charge in [-0.2, -0.15) is 0 Å². The van der Waals surface area contributed by atoms with Crippen LogP contribution in [0.1, 0.15) is 19.4 Å². The van der Waals surface area contributed by atoms with Crippen LogP contribution in [0.3, 0.4) is 0 Å². The van der Waals surface area contributed by atoms with Crippen LogP contribution >= 0.6 is 0 Å². The number of benzene rings is 1. The zero-order valence-electron chi connectivity index (χ0n) is 10.4. The third-order valence-electron chi connectivity index (χ3n) is 2.47. The summed E-state index contributed by atoms with van der Waals surface area (Å²) in [6.07, 6.45) is 0.377.